The van der Waals surface area contributed by atoms with Gasteiger partial charge in [0.05, 0.1) is 6.54 Å². The Morgan fingerprint density at radius 1 is 1.08 bits per heavy atom. The highest BCUT2D eigenvalue weighted by molar-refractivity contribution is 6.09. The standard InChI is InChI=1S/C29H36N6O3/c1-19(36)34-13-9-25(33-23-10-14-38-15-11-23)24(18-34)28(30)35-12-3-4-21-16-20(6-8-27(21)35)22-5-7-26(32-17-22)29(37)31-2/h5-8,16-17,23,30,33H,3-4,9-15,18H2,1-2H3,(H,31,37). The summed E-state index contributed by atoms with van der Waals surface area (Å²) in [6, 6.07) is 10.3. The minimum absolute atomic E-state index is 0.0418. The number of fused-ring (bicyclic) bond motifs is 1. The van der Waals surface area contributed by atoms with Crippen LogP contribution in [0.5, 0.6) is 0 Å². The van der Waals surface area contributed by atoms with E-state index < -0.39 is 0 Å². The van der Waals surface area contributed by atoms with Crippen LogP contribution in [-0.4, -0.2) is 73.5 Å². The first kappa shape index (κ1) is 25.9. The smallest absolute Gasteiger partial charge is 0.269 e. The molecule has 1 fully saturated rings. The van der Waals surface area contributed by atoms with Gasteiger partial charge in [0.1, 0.15) is 11.5 Å². The molecule has 9 heteroatoms. The fraction of sp³-hybridized carbons (Fsp3) is 0.448. The molecule has 3 aliphatic heterocycles. The van der Waals surface area contributed by atoms with Crippen LogP contribution in [0.15, 0.2) is 47.8 Å². The maximum absolute atomic E-state index is 12.2. The molecule has 3 aliphatic rings. The maximum atomic E-state index is 12.2. The number of amides is 2. The number of hydrogen-bond donors (Lipinski definition) is 3. The van der Waals surface area contributed by atoms with Crippen LogP contribution in [0.2, 0.25) is 0 Å². The fourth-order valence-corrected chi connectivity index (χ4v) is 5.50. The largest absolute Gasteiger partial charge is 0.385 e. The van der Waals surface area contributed by atoms with Gasteiger partial charge in [0.15, 0.2) is 0 Å². The lowest BCUT2D eigenvalue weighted by molar-refractivity contribution is -0.128. The summed E-state index contributed by atoms with van der Waals surface area (Å²) < 4.78 is 5.53. The van der Waals surface area contributed by atoms with Crippen LogP contribution in [0.25, 0.3) is 11.1 Å². The monoisotopic (exact) mass is 516 g/mol. The van der Waals surface area contributed by atoms with E-state index >= 15 is 0 Å². The molecule has 0 saturated carbocycles. The van der Waals surface area contributed by atoms with E-state index in [-0.39, 0.29) is 11.8 Å². The molecule has 0 bridgehead atoms. The van der Waals surface area contributed by atoms with E-state index in [0.29, 0.717) is 30.7 Å². The average molecular weight is 517 g/mol. The maximum Gasteiger partial charge on any atom is 0.269 e. The average Bonchev–Trinajstić information content (AvgIpc) is 2.96. The van der Waals surface area contributed by atoms with Crippen molar-refractivity contribution in [3.8, 4) is 11.1 Å². The van der Waals surface area contributed by atoms with Crippen molar-refractivity contribution in [2.24, 2.45) is 0 Å². The van der Waals surface area contributed by atoms with Crippen molar-refractivity contribution >= 4 is 23.3 Å². The molecule has 0 aliphatic carbocycles. The van der Waals surface area contributed by atoms with Crippen LogP contribution in [0, 0.1) is 5.41 Å². The molecule has 2 amide bonds. The van der Waals surface area contributed by atoms with Crippen LogP contribution >= 0.6 is 0 Å². The number of aromatic nitrogens is 1. The fourth-order valence-electron chi connectivity index (χ4n) is 5.50. The Kier molecular flexibility index (Phi) is 7.74. The molecule has 0 atom stereocenters. The highest BCUT2D eigenvalue weighted by Gasteiger charge is 2.30. The Bertz CT molecular complexity index is 1250. The van der Waals surface area contributed by atoms with Gasteiger partial charge in [-0.2, -0.15) is 0 Å². The summed E-state index contributed by atoms with van der Waals surface area (Å²) in [7, 11) is 1.59. The summed E-state index contributed by atoms with van der Waals surface area (Å²) >= 11 is 0. The molecule has 1 aromatic heterocycles. The number of ether oxygens (including phenoxy) is 1. The molecular formula is C29H36N6O3. The number of carbonyl (C=O) groups excluding carboxylic acids is 2. The summed E-state index contributed by atoms with van der Waals surface area (Å²) in [6.07, 6.45) is 6.24. The molecule has 4 heterocycles. The molecule has 0 spiro atoms. The van der Waals surface area contributed by atoms with E-state index in [0.717, 1.165) is 79.9 Å². The SMILES string of the molecule is CNC(=O)c1ccc(-c2ccc3c(c2)CCCN3C(=N)C2=C(NC3CCOCC3)CCN(C(C)=O)C2)cn1. The van der Waals surface area contributed by atoms with Crippen LogP contribution in [-0.2, 0) is 16.0 Å². The van der Waals surface area contributed by atoms with Crippen molar-refractivity contribution in [1.82, 2.24) is 20.5 Å². The normalized spacial score (nSPS) is 18.2. The van der Waals surface area contributed by atoms with E-state index in [1.165, 1.54) is 5.56 Å². The zero-order valence-corrected chi connectivity index (χ0v) is 22.2. The number of carbonyl (C=O) groups is 2. The lowest BCUT2D eigenvalue weighted by Gasteiger charge is -2.38. The van der Waals surface area contributed by atoms with E-state index in [1.54, 1.807) is 26.2 Å². The van der Waals surface area contributed by atoms with Crippen molar-refractivity contribution in [3.05, 3.63) is 59.1 Å². The zero-order chi connectivity index (χ0) is 26.6. The Labute approximate surface area is 223 Å². The van der Waals surface area contributed by atoms with Crippen molar-refractivity contribution in [2.45, 2.75) is 45.1 Å². The number of aryl methyl sites for hydroxylation is 1. The Hall–Kier alpha value is -3.72. The summed E-state index contributed by atoms with van der Waals surface area (Å²) in [4.78, 5) is 32.3. The number of amidine groups is 1. The number of benzene rings is 1. The predicted molar refractivity (Wildman–Crippen MR) is 147 cm³/mol. The summed E-state index contributed by atoms with van der Waals surface area (Å²) in [5.41, 5.74) is 6.59. The van der Waals surface area contributed by atoms with E-state index in [4.69, 9.17) is 4.74 Å². The molecule has 0 unspecified atom stereocenters. The van der Waals surface area contributed by atoms with Gasteiger partial charge in [-0.25, -0.2) is 0 Å². The minimum atomic E-state index is -0.206. The van der Waals surface area contributed by atoms with Gasteiger partial charge in [-0.1, -0.05) is 12.1 Å². The van der Waals surface area contributed by atoms with E-state index in [1.807, 2.05) is 11.0 Å². The van der Waals surface area contributed by atoms with Crippen molar-refractivity contribution < 1.29 is 14.3 Å². The second-order valence-electron chi connectivity index (χ2n) is 10.1. The van der Waals surface area contributed by atoms with Crippen LogP contribution in [0.4, 0.5) is 5.69 Å². The van der Waals surface area contributed by atoms with Gasteiger partial charge in [0.25, 0.3) is 5.91 Å². The third-order valence-electron chi connectivity index (χ3n) is 7.70. The van der Waals surface area contributed by atoms with Gasteiger partial charge < -0.3 is 25.2 Å². The first-order valence-electron chi connectivity index (χ1n) is 13.4. The topological polar surface area (TPSA) is 111 Å². The first-order chi connectivity index (χ1) is 18.4. The Morgan fingerprint density at radius 3 is 2.58 bits per heavy atom. The number of anilines is 1. The summed E-state index contributed by atoms with van der Waals surface area (Å²) in [5, 5.41) is 15.6. The molecule has 38 heavy (non-hydrogen) atoms. The molecule has 0 radical (unpaired) electrons. The van der Waals surface area contributed by atoms with Gasteiger partial charge in [0.2, 0.25) is 5.91 Å². The third-order valence-corrected chi connectivity index (χ3v) is 7.70. The highest BCUT2D eigenvalue weighted by atomic mass is 16.5. The third kappa shape index (κ3) is 5.43. The molecule has 1 aromatic carbocycles. The molecule has 9 nitrogen and oxygen atoms in total. The highest BCUT2D eigenvalue weighted by Crippen LogP contribution is 2.33. The van der Waals surface area contributed by atoms with Crippen LogP contribution < -0.4 is 15.5 Å². The molecule has 2 aromatic rings. The Morgan fingerprint density at radius 2 is 1.87 bits per heavy atom. The molecule has 3 N–H and O–H groups in total. The second-order valence-corrected chi connectivity index (χ2v) is 10.1. The van der Waals surface area contributed by atoms with Gasteiger partial charge in [-0.15, -0.1) is 0 Å². The number of nitrogens with one attached hydrogen (secondary N) is 3. The number of nitrogens with zero attached hydrogens (tertiary/aromatic N) is 3. The predicted octanol–water partition coefficient (Wildman–Crippen LogP) is 3.11. The summed E-state index contributed by atoms with van der Waals surface area (Å²) in [5.74, 6) is 0.304. The Balaban J connectivity index is 1.42. The van der Waals surface area contributed by atoms with Gasteiger partial charge in [0, 0.05) is 81.5 Å². The second kappa shape index (κ2) is 11.3. The molecule has 200 valence electrons. The number of rotatable bonds is 5. The van der Waals surface area contributed by atoms with Gasteiger partial charge in [-0.05, 0) is 55.0 Å². The molecule has 5 rings (SSSR count). The molecule has 1 saturated heterocycles. The van der Waals surface area contributed by atoms with Gasteiger partial charge >= 0.3 is 0 Å². The van der Waals surface area contributed by atoms with Crippen molar-refractivity contribution in [1.29, 1.82) is 5.41 Å². The van der Waals surface area contributed by atoms with Gasteiger partial charge in [-0.3, -0.25) is 20.0 Å². The number of pyridine rings is 1. The molecular weight excluding hydrogens is 480 g/mol. The zero-order valence-electron chi connectivity index (χ0n) is 22.2. The van der Waals surface area contributed by atoms with Crippen LogP contribution in [0.3, 0.4) is 0 Å². The summed E-state index contributed by atoms with van der Waals surface area (Å²) in [6.45, 7) is 5.00. The van der Waals surface area contributed by atoms with E-state index in [9.17, 15) is 15.0 Å². The van der Waals surface area contributed by atoms with Crippen molar-refractivity contribution in [2.75, 3.05) is 44.8 Å². The number of hydrogen-bond acceptors (Lipinski definition) is 6. The van der Waals surface area contributed by atoms with Crippen LogP contribution in [0.1, 0.15) is 48.7 Å². The first-order valence-corrected chi connectivity index (χ1v) is 13.4. The quantitative estimate of drug-likeness (QED) is 0.416. The van der Waals surface area contributed by atoms with E-state index in [2.05, 4.69) is 38.7 Å². The lowest BCUT2D eigenvalue weighted by Crippen LogP contribution is -2.46. The minimum Gasteiger partial charge on any atom is -0.385 e. The lowest BCUT2D eigenvalue weighted by atomic mass is 9.95. The van der Waals surface area contributed by atoms with Crippen molar-refractivity contribution in [3.63, 3.8) is 0 Å².